The summed E-state index contributed by atoms with van der Waals surface area (Å²) in [7, 11) is -3.76. The van der Waals surface area contributed by atoms with Gasteiger partial charge in [-0.3, -0.25) is 9.52 Å². The van der Waals surface area contributed by atoms with Gasteiger partial charge in [0.2, 0.25) is 0 Å². The van der Waals surface area contributed by atoms with Gasteiger partial charge in [-0.05, 0) is 86.1 Å². The number of carbonyl (C=O) groups is 1. The summed E-state index contributed by atoms with van der Waals surface area (Å²) in [6.45, 7) is 3.11. The third-order valence-electron chi connectivity index (χ3n) is 4.53. The Kier molecular flexibility index (Phi) is 8.26. The molecule has 0 aliphatic carbocycles. The first-order valence-corrected chi connectivity index (χ1v) is 11.9. The predicted molar refractivity (Wildman–Crippen MR) is 124 cm³/mol. The minimum Gasteiger partial charge on any atom is -0.494 e. The van der Waals surface area contributed by atoms with E-state index in [2.05, 4.69) is 10.0 Å². The van der Waals surface area contributed by atoms with Gasteiger partial charge >= 0.3 is 0 Å². The van der Waals surface area contributed by atoms with E-state index in [9.17, 15) is 17.6 Å². The monoisotopic (exact) mass is 472 g/mol. The lowest BCUT2D eigenvalue weighted by Gasteiger charge is -2.10. The molecule has 0 aliphatic rings. The Morgan fingerprint density at radius 1 is 0.879 bits per heavy atom. The molecule has 3 rings (SSSR count). The van der Waals surface area contributed by atoms with Gasteiger partial charge in [-0.1, -0.05) is 0 Å². The average Bonchev–Trinajstić information content (AvgIpc) is 2.81. The highest BCUT2D eigenvalue weighted by Crippen LogP contribution is 2.20. The maximum absolute atomic E-state index is 12.9. The first kappa shape index (κ1) is 24.1. The Labute approximate surface area is 192 Å². The molecule has 2 N–H and O–H groups in total. The number of carbonyl (C=O) groups excluding carboxylic acids is 1. The number of benzene rings is 3. The van der Waals surface area contributed by atoms with Crippen molar-refractivity contribution in [3.8, 4) is 11.5 Å². The molecular weight excluding hydrogens is 447 g/mol. The molecule has 0 saturated carbocycles. The summed E-state index contributed by atoms with van der Waals surface area (Å²) in [5.41, 5.74) is 0.742. The van der Waals surface area contributed by atoms with E-state index in [1.165, 1.54) is 36.4 Å². The van der Waals surface area contributed by atoms with Crippen LogP contribution in [0.25, 0.3) is 0 Å². The molecule has 3 aromatic carbocycles. The highest BCUT2D eigenvalue weighted by atomic mass is 32.2. The van der Waals surface area contributed by atoms with Crippen molar-refractivity contribution in [2.45, 2.75) is 18.2 Å². The Hall–Kier alpha value is -3.59. The van der Waals surface area contributed by atoms with Crippen molar-refractivity contribution < 1.29 is 27.1 Å². The fraction of sp³-hybridized carbons (Fsp3) is 0.208. The highest BCUT2D eigenvalue weighted by Gasteiger charge is 2.15. The van der Waals surface area contributed by atoms with E-state index in [0.29, 0.717) is 48.9 Å². The van der Waals surface area contributed by atoms with Crippen molar-refractivity contribution in [1.29, 1.82) is 0 Å². The summed E-state index contributed by atoms with van der Waals surface area (Å²) >= 11 is 0. The molecule has 0 atom stereocenters. The summed E-state index contributed by atoms with van der Waals surface area (Å²) in [4.78, 5) is 12.4. The maximum Gasteiger partial charge on any atom is 0.261 e. The minimum atomic E-state index is -3.76. The summed E-state index contributed by atoms with van der Waals surface area (Å²) in [5.74, 6) is 0.544. The van der Waals surface area contributed by atoms with Crippen LogP contribution in [0.3, 0.4) is 0 Å². The second kappa shape index (κ2) is 11.3. The third kappa shape index (κ3) is 7.21. The number of anilines is 1. The fourth-order valence-corrected chi connectivity index (χ4v) is 3.94. The number of halogens is 1. The van der Waals surface area contributed by atoms with E-state index in [0.717, 1.165) is 0 Å². The minimum absolute atomic E-state index is 0.107. The standard InChI is InChI=1S/C24H25FN2O5S/c1-2-31-21-12-14-23(15-13-21)33(29,30)27-20-8-4-18(5-9-20)24(28)26-16-3-17-32-22-10-6-19(25)7-11-22/h4-15,27H,2-3,16-17H2,1H3,(H,26,28). The molecule has 1 amide bonds. The number of nitrogens with one attached hydrogen (secondary N) is 2. The van der Waals surface area contributed by atoms with Crippen LogP contribution in [0.5, 0.6) is 11.5 Å². The molecule has 33 heavy (non-hydrogen) atoms. The highest BCUT2D eigenvalue weighted by molar-refractivity contribution is 7.92. The van der Waals surface area contributed by atoms with Gasteiger partial charge in [-0.25, -0.2) is 12.8 Å². The molecule has 0 bridgehead atoms. The second-order valence-corrected chi connectivity index (χ2v) is 8.68. The molecule has 0 radical (unpaired) electrons. The largest absolute Gasteiger partial charge is 0.494 e. The van der Waals surface area contributed by atoms with Gasteiger partial charge in [0.25, 0.3) is 15.9 Å². The van der Waals surface area contributed by atoms with Crippen LogP contribution in [0.1, 0.15) is 23.7 Å². The van der Waals surface area contributed by atoms with Crippen LogP contribution < -0.4 is 19.5 Å². The Morgan fingerprint density at radius 3 is 2.12 bits per heavy atom. The zero-order valence-electron chi connectivity index (χ0n) is 18.1. The Balaban J connectivity index is 1.46. The van der Waals surface area contributed by atoms with E-state index in [-0.39, 0.29) is 16.6 Å². The summed E-state index contributed by atoms with van der Waals surface area (Å²) < 4.78 is 51.2. The van der Waals surface area contributed by atoms with Crippen LogP contribution in [-0.4, -0.2) is 34.1 Å². The van der Waals surface area contributed by atoms with E-state index in [1.807, 2.05) is 6.92 Å². The first-order chi connectivity index (χ1) is 15.9. The maximum atomic E-state index is 12.9. The fourth-order valence-electron chi connectivity index (χ4n) is 2.88. The molecule has 174 valence electrons. The number of sulfonamides is 1. The zero-order chi connectivity index (χ0) is 23.7. The molecule has 0 aliphatic heterocycles. The van der Waals surface area contributed by atoms with Crippen molar-refractivity contribution in [1.82, 2.24) is 5.32 Å². The van der Waals surface area contributed by atoms with Crippen molar-refractivity contribution in [2.24, 2.45) is 0 Å². The molecule has 0 unspecified atom stereocenters. The number of hydrogen-bond donors (Lipinski definition) is 2. The topological polar surface area (TPSA) is 93.7 Å². The quantitative estimate of drug-likeness (QED) is 0.408. The molecule has 7 nitrogen and oxygen atoms in total. The number of hydrogen-bond acceptors (Lipinski definition) is 5. The number of amides is 1. The van der Waals surface area contributed by atoms with Crippen LogP contribution in [0.15, 0.2) is 77.7 Å². The van der Waals surface area contributed by atoms with Crippen LogP contribution in [-0.2, 0) is 10.0 Å². The average molecular weight is 473 g/mol. The van der Waals surface area contributed by atoms with Crippen molar-refractivity contribution in [2.75, 3.05) is 24.5 Å². The van der Waals surface area contributed by atoms with E-state index in [1.54, 1.807) is 36.4 Å². The number of ether oxygens (including phenoxy) is 2. The van der Waals surface area contributed by atoms with E-state index >= 15 is 0 Å². The van der Waals surface area contributed by atoms with E-state index < -0.39 is 10.0 Å². The molecule has 0 heterocycles. The predicted octanol–water partition coefficient (Wildman–Crippen LogP) is 4.22. The summed E-state index contributed by atoms with van der Waals surface area (Å²) in [6, 6.07) is 18.0. The van der Waals surface area contributed by atoms with Crippen LogP contribution in [0.4, 0.5) is 10.1 Å². The van der Waals surface area contributed by atoms with Gasteiger partial charge in [-0.15, -0.1) is 0 Å². The lowest BCUT2D eigenvalue weighted by molar-refractivity contribution is 0.0951. The van der Waals surface area contributed by atoms with Gasteiger partial charge in [0.05, 0.1) is 18.1 Å². The summed E-state index contributed by atoms with van der Waals surface area (Å²) in [6.07, 6.45) is 0.573. The molecule has 3 aromatic rings. The normalized spacial score (nSPS) is 11.0. The summed E-state index contributed by atoms with van der Waals surface area (Å²) in [5, 5.41) is 2.77. The van der Waals surface area contributed by atoms with Gasteiger partial charge in [0.15, 0.2) is 0 Å². The van der Waals surface area contributed by atoms with E-state index in [4.69, 9.17) is 9.47 Å². The molecule has 9 heteroatoms. The molecule has 0 saturated heterocycles. The van der Waals surface area contributed by atoms with Gasteiger partial charge in [0.1, 0.15) is 17.3 Å². The Morgan fingerprint density at radius 2 is 1.48 bits per heavy atom. The first-order valence-electron chi connectivity index (χ1n) is 10.4. The SMILES string of the molecule is CCOc1ccc(S(=O)(=O)Nc2ccc(C(=O)NCCCOc3ccc(F)cc3)cc2)cc1. The van der Waals surface area contributed by atoms with Crippen molar-refractivity contribution in [3.63, 3.8) is 0 Å². The Bertz CT molecular complexity index is 1150. The van der Waals surface area contributed by atoms with Crippen LogP contribution in [0, 0.1) is 5.82 Å². The van der Waals surface area contributed by atoms with Crippen molar-refractivity contribution in [3.05, 3.63) is 84.2 Å². The van der Waals surface area contributed by atoms with Crippen LogP contribution in [0.2, 0.25) is 0 Å². The third-order valence-corrected chi connectivity index (χ3v) is 5.93. The van der Waals surface area contributed by atoms with Gasteiger partial charge in [0, 0.05) is 17.8 Å². The zero-order valence-corrected chi connectivity index (χ0v) is 18.9. The molecular formula is C24H25FN2O5S. The van der Waals surface area contributed by atoms with Gasteiger partial charge in [-0.2, -0.15) is 0 Å². The molecule has 0 spiro atoms. The van der Waals surface area contributed by atoms with Gasteiger partial charge < -0.3 is 14.8 Å². The molecule has 0 aromatic heterocycles. The van der Waals surface area contributed by atoms with Crippen molar-refractivity contribution >= 4 is 21.6 Å². The van der Waals surface area contributed by atoms with Crippen LogP contribution >= 0.6 is 0 Å². The lowest BCUT2D eigenvalue weighted by Crippen LogP contribution is -2.25. The smallest absolute Gasteiger partial charge is 0.261 e. The second-order valence-electron chi connectivity index (χ2n) is 7.00. The lowest BCUT2D eigenvalue weighted by atomic mass is 10.2. The number of rotatable bonds is 11. The molecule has 0 fully saturated rings.